The van der Waals surface area contributed by atoms with Crippen molar-refractivity contribution < 1.29 is 15.0 Å². The number of aromatic nitrogens is 2. The predicted molar refractivity (Wildman–Crippen MR) is 81.1 cm³/mol. The van der Waals surface area contributed by atoms with Gasteiger partial charge in [-0.1, -0.05) is 30.3 Å². The highest BCUT2D eigenvalue weighted by Crippen LogP contribution is 2.26. The maximum Gasteiger partial charge on any atom is 0.269 e. The normalized spacial score (nSPS) is 24.4. The van der Waals surface area contributed by atoms with Gasteiger partial charge >= 0.3 is 0 Å². The van der Waals surface area contributed by atoms with Crippen LogP contribution in [-0.4, -0.2) is 45.1 Å². The summed E-state index contributed by atoms with van der Waals surface area (Å²) in [5.74, 6) is -0.405. The molecule has 1 amide bonds. The Morgan fingerprint density at radius 1 is 1.32 bits per heavy atom. The Labute approximate surface area is 128 Å². The van der Waals surface area contributed by atoms with Gasteiger partial charge in [-0.05, 0) is 18.9 Å². The molecule has 0 radical (unpaired) electrons. The van der Waals surface area contributed by atoms with Gasteiger partial charge in [-0.25, -0.2) is 0 Å². The van der Waals surface area contributed by atoms with Gasteiger partial charge in [0.2, 0.25) is 0 Å². The molecule has 3 rings (SSSR count). The standard InChI is InChI=1S/C16H19N3O3/c20-9-11-6-12(7-15(11)21)17-16(22)14-8-13(18-19-14)10-4-2-1-3-5-10/h1-5,8,11-12,15,20-21H,6-7,9H2,(H,17,22)(H,18,19). The Balaban J connectivity index is 1.65. The smallest absolute Gasteiger partial charge is 0.269 e. The molecule has 3 atom stereocenters. The lowest BCUT2D eigenvalue weighted by Crippen LogP contribution is -2.33. The molecule has 22 heavy (non-hydrogen) atoms. The Bertz CT molecular complexity index is 641. The van der Waals surface area contributed by atoms with Crippen LogP contribution >= 0.6 is 0 Å². The van der Waals surface area contributed by atoms with Crippen LogP contribution in [0.15, 0.2) is 36.4 Å². The monoisotopic (exact) mass is 301 g/mol. The molecule has 0 aliphatic heterocycles. The molecule has 4 N–H and O–H groups in total. The number of nitrogens with one attached hydrogen (secondary N) is 2. The van der Waals surface area contributed by atoms with Gasteiger partial charge < -0.3 is 15.5 Å². The van der Waals surface area contributed by atoms with E-state index in [1.807, 2.05) is 30.3 Å². The lowest BCUT2D eigenvalue weighted by atomic mass is 10.1. The van der Waals surface area contributed by atoms with E-state index in [4.69, 9.17) is 5.11 Å². The van der Waals surface area contributed by atoms with Crippen LogP contribution in [0.25, 0.3) is 11.3 Å². The van der Waals surface area contributed by atoms with Gasteiger partial charge in [-0.15, -0.1) is 0 Å². The number of carbonyl (C=O) groups excluding carboxylic acids is 1. The fraction of sp³-hybridized carbons (Fsp3) is 0.375. The Hall–Kier alpha value is -2.18. The van der Waals surface area contributed by atoms with E-state index in [1.54, 1.807) is 6.07 Å². The number of aromatic amines is 1. The number of amides is 1. The maximum atomic E-state index is 12.2. The lowest BCUT2D eigenvalue weighted by molar-refractivity contribution is 0.0902. The molecular formula is C16H19N3O3. The highest BCUT2D eigenvalue weighted by atomic mass is 16.3. The number of benzene rings is 1. The summed E-state index contributed by atoms with van der Waals surface area (Å²) in [5, 5.41) is 28.7. The molecule has 0 bridgehead atoms. The summed E-state index contributed by atoms with van der Waals surface area (Å²) in [4.78, 5) is 12.2. The van der Waals surface area contributed by atoms with Crippen LogP contribution in [0, 0.1) is 5.92 Å². The molecular weight excluding hydrogens is 282 g/mol. The van der Waals surface area contributed by atoms with Gasteiger partial charge in [0.15, 0.2) is 0 Å². The Morgan fingerprint density at radius 3 is 2.77 bits per heavy atom. The van der Waals surface area contributed by atoms with E-state index in [0.717, 1.165) is 5.56 Å². The van der Waals surface area contributed by atoms with Gasteiger partial charge in [0.25, 0.3) is 5.91 Å². The molecule has 1 saturated carbocycles. The fourth-order valence-electron chi connectivity index (χ4n) is 2.87. The van der Waals surface area contributed by atoms with Crippen molar-refractivity contribution in [3.8, 4) is 11.3 Å². The topological polar surface area (TPSA) is 98.2 Å². The first-order chi connectivity index (χ1) is 10.7. The third-order valence-corrected chi connectivity index (χ3v) is 4.12. The molecule has 6 nitrogen and oxygen atoms in total. The first-order valence-corrected chi connectivity index (χ1v) is 7.38. The third kappa shape index (κ3) is 3.03. The van der Waals surface area contributed by atoms with E-state index < -0.39 is 6.10 Å². The number of nitrogens with zero attached hydrogens (tertiary/aromatic N) is 1. The largest absolute Gasteiger partial charge is 0.396 e. The predicted octanol–water partition coefficient (Wildman–Crippen LogP) is 0.938. The number of aliphatic hydroxyl groups is 2. The van der Waals surface area contributed by atoms with Crippen molar-refractivity contribution >= 4 is 5.91 Å². The summed E-state index contributed by atoms with van der Waals surface area (Å²) in [6.45, 7) is -0.0598. The van der Waals surface area contributed by atoms with Gasteiger partial charge in [-0.2, -0.15) is 5.10 Å². The average Bonchev–Trinajstić information content (AvgIpc) is 3.15. The van der Waals surface area contributed by atoms with Gasteiger partial charge in [0.1, 0.15) is 5.69 Å². The van der Waals surface area contributed by atoms with Crippen LogP contribution in [0.2, 0.25) is 0 Å². The molecule has 2 aromatic rings. The van der Waals surface area contributed by atoms with E-state index in [0.29, 0.717) is 24.2 Å². The van der Waals surface area contributed by atoms with Crippen LogP contribution in [-0.2, 0) is 0 Å². The third-order valence-electron chi connectivity index (χ3n) is 4.12. The van der Waals surface area contributed by atoms with E-state index in [1.165, 1.54) is 0 Å². The molecule has 1 aromatic carbocycles. The summed E-state index contributed by atoms with van der Waals surface area (Å²) in [7, 11) is 0. The summed E-state index contributed by atoms with van der Waals surface area (Å²) >= 11 is 0. The average molecular weight is 301 g/mol. The van der Waals surface area contributed by atoms with Crippen LogP contribution in [0.5, 0.6) is 0 Å². The van der Waals surface area contributed by atoms with Crippen molar-refractivity contribution in [3.05, 3.63) is 42.1 Å². The number of carbonyl (C=O) groups is 1. The molecule has 3 unspecified atom stereocenters. The summed E-state index contributed by atoms with van der Waals surface area (Å²) in [5.41, 5.74) is 2.04. The Kier molecular flexibility index (Phi) is 4.22. The van der Waals surface area contributed by atoms with Crippen LogP contribution in [0.4, 0.5) is 0 Å². The van der Waals surface area contributed by atoms with E-state index in [2.05, 4.69) is 15.5 Å². The quantitative estimate of drug-likeness (QED) is 0.675. The van der Waals surface area contributed by atoms with Crippen molar-refractivity contribution in [2.45, 2.75) is 25.0 Å². The second-order valence-electron chi connectivity index (χ2n) is 5.68. The zero-order chi connectivity index (χ0) is 15.5. The van der Waals surface area contributed by atoms with E-state index >= 15 is 0 Å². The van der Waals surface area contributed by atoms with Crippen molar-refractivity contribution in [3.63, 3.8) is 0 Å². The first-order valence-electron chi connectivity index (χ1n) is 7.38. The minimum absolute atomic E-state index is 0.0598. The zero-order valence-corrected chi connectivity index (χ0v) is 12.1. The molecule has 6 heteroatoms. The van der Waals surface area contributed by atoms with Crippen molar-refractivity contribution in [2.75, 3.05) is 6.61 Å². The van der Waals surface area contributed by atoms with Crippen LogP contribution in [0.1, 0.15) is 23.3 Å². The number of hydrogen-bond donors (Lipinski definition) is 4. The molecule has 0 saturated heterocycles. The van der Waals surface area contributed by atoms with E-state index in [-0.39, 0.29) is 24.5 Å². The minimum atomic E-state index is -0.558. The van der Waals surface area contributed by atoms with Gasteiger partial charge in [0, 0.05) is 24.1 Å². The fourth-order valence-corrected chi connectivity index (χ4v) is 2.87. The van der Waals surface area contributed by atoms with Crippen molar-refractivity contribution in [1.82, 2.24) is 15.5 Å². The molecule has 116 valence electrons. The van der Waals surface area contributed by atoms with Crippen LogP contribution in [0.3, 0.4) is 0 Å². The highest BCUT2D eigenvalue weighted by Gasteiger charge is 2.33. The summed E-state index contributed by atoms with van der Waals surface area (Å²) in [6.07, 6.45) is 0.497. The SMILES string of the molecule is O=C(NC1CC(O)C(CO)C1)c1cc(-c2ccccc2)n[nH]1. The maximum absolute atomic E-state index is 12.2. The van der Waals surface area contributed by atoms with Gasteiger partial charge in [-0.3, -0.25) is 9.89 Å². The molecule has 1 aromatic heterocycles. The summed E-state index contributed by atoms with van der Waals surface area (Å²) in [6, 6.07) is 11.2. The molecule has 1 fully saturated rings. The first kappa shape index (κ1) is 14.7. The van der Waals surface area contributed by atoms with Gasteiger partial charge in [0.05, 0.1) is 11.8 Å². The van der Waals surface area contributed by atoms with Crippen LogP contribution < -0.4 is 5.32 Å². The molecule has 1 heterocycles. The highest BCUT2D eigenvalue weighted by molar-refractivity contribution is 5.93. The lowest BCUT2D eigenvalue weighted by Gasteiger charge is -2.11. The molecule has 1 aliphatic rings. The van der Waals surface area contributed by atoms with Crippen molar-refractivity contribution in [1.29, 1.82) is 0 Å². The van der Waals surface area contributed by atoms with Crippen molar-refractivity contribution in [2.24, 2.45) is 5.92 Å². The minimum Gasteiger partial charge on any atom is -0.396 e. The number of hydrogen-bond acceptors (Lipinski definition) is 4. The molecule has 0 spiro atoms. The Morgan fingerprint density at radius 2 is 2.09 bits per heavy atom. The van der Waals surface area contributed by atoms with E-state index in [9.17, 15) is 9.90 Å². The second kappa shape index (κ2) is 6.29. The zero-order valence-electron chi connectivity index (χ0n) is 12.1. The molecule has 1 aliphatic carbocycles. The number of H-pyrrole nitrogens is 1. The number of aliphatic hydroxyl groups excluding tert-OH is 2. The summed E-state index contributed by atoms with van der Waals surface area (Å²) < 4.78 is 0. The second-order valence-corrected chi connectivity index (χ2v) is 5.68. The number of rotatable bonds is 4.